The molecule has 2 rings (SSSR count). The van der Waals surface area contributed by atoms with Crippen LogP contribution in [0.4, 0.5) is 23.2 Å². The van der Waals surface area contributed by atoms with Gasteiger partial charge in [-0.15, -0.1) is 0 Å². The number of benzene rings is 2. The Morgan fingerprint density at radius 1 is 1.08 bits per heavy atom. The molecule has 0 aliphatic heterocycles. The van der Waals surface area contributed by atoms with Gasteiger partial charge in [-0.1, -0.05) is 12.1 Å². The van der Waals surface area contributed by atoms with Crippen molar-refractivity contribution in [3.05, 3.63) is 65.5 Å². The number of carbonyl (C=O) groups is 1. The molecule has 3 nitrogen and oxygen atoms in total. The van der Waals surface area contributed by atoms with Crippen LogP contribution in [0.2, 0.25) is 0 Å². The van der Waals surface area contributed by atoms with Crippen molar-refractivity contribution in [2.24, 2.45) is 0 Å². The molecule has 0 aromatic heterocycles. The zero-order chi connectivity index (χ0) is 18.6. The predicted molar refractivity (Wildman–Crippen MR) is 87.4 cm³/mol. The van der Waals surface area contributed by atoms with Crippen molar-refractivity contribution in [1.82, 2.24) is 4.90 Å². The number of rotatable bonds is 5. The summed E-state index contributed by atoms with van der Waals surface area (Å²) in [6, 6.07) is 9.70. The van der Waals surface area contributed by atoms with Gasteiger partial charge in [0.15, 0.2) is 0 Å². The Morgan fingerprint density at radius 3 is 2.16 bits per heavy atom. The Balaban J connectivity index is 1.96. The van der Waals surface area contributed by atoms with Crippen LogP contribution in [0.15, 0.2) is 48.5 Å². The van der Waals surface area contributed by atoms with Crippen molar-refractivity contribution in [2.45, 2.75) is 25.7 Å². The lowest BCUT2D eigenvalue weighted by atomic mass is 10.1. The van der Waals surface area contributed by atoms with E-state index in [1.165, 1.54) is 24.3 Å². The maximum atomic E-state index is 12.9. The molecule has 2 aromatic rings. The lowest BCUT2D eigenvalue weighted by molar-refractivity contribution is -0.137. The molecule has 0 saturated carbocycles. The number of likely N-dealkylation sites (N-methyl/N-ethyl adjacent to an activating group) is 1. The van der Waals surface area contributed by atoms with Crippen molar-refractivity contribution < 1.29 is 22.4 Å². The van der Waals surface area contributed by atoms with E-state index in [1.807, 2.05) is 0 Å². The quantitative estimate of drug-likeness (QED) is 0.812. The van der Waals surface area contributed by atoms with Crippen LogP contribution in [0, 0.1) is 5.82 Å². The highest BCUT2D eigenvalue weighted by molar-refractivity contribution is 5.94. The fraction of sp³-hybridized carbons (Fsp3) is 0.278. The summed E-state index contributed by atoms with van der Waals surface area (Å²) in [5.41, 5.74) is 0.366. The standard InChI is InChI=1S/C18H18F4N2O/c1-12(24(2)11-13-3-7-15(19)8-4-13)17(25)23-16-9-5-14(6-10-16)18(20,21)22/h3-10,12H,11H2,1-2H3,(H,23,25). The Hall–Kier alpha value is -2.41. The SMILES string of the molecule is CC(C(=O)Nc1ccc(C(F)(F)F)cc1)N(C)Cc1ccc(F)cc1. The molecule has 25 heavy (non-hydrogen) atoms. The summed E-state index contributed by atoms with van der Waals surface area (Å²) in [7, 11) is 1.74. The number of carbonyl (C=O) groups excluding carboxylic acids is 1. The summed E-state index contributed by atoms with van der Waals surface area (Å²) < 4.78 is 50.5. The topological polar surface area (TPSA) is 32.3 Å². The summed E-state index contributed by atoms with van der Waals surface area (Å²) in [5.74, 6) is -0.677. The minimum absolute atomic E-state index is 0.292. The monoisotopic (exact) mass is 354 g/mol. The second-order valence-electron chi connectivity index (χ2n) is 5.78. The van der Waals surface area contributed by atoms with Crippen LogP contribution in [-0.2, 0) is 17.5 Å². The number of halogens is 4. The van der Waals surface area contributed by atoms with Gasteiger partial charge in [0, 0.05) is 12.2 Å². The molecule has 0 bridgehead atoms. The van der Waals surface area contributed by atoms with E-state index in [0.717, 1.165) is 17.7 Å². The first-order chi connectivity index (χ1) is 11.7. The normalized spacial score (nSPS) is 12.9. The lowest BCUT2D eigenvalue weighted by Crippen LogP contribution is -2.39. The number of anilines is 1. The average Bonchev–Trinajstić information content (AvgIpc) is 2.55. The van der Waals surface area contributed by atoms with Gasteiger partial charge in [0.05, 0.1) is 11.6 Å². The molecule has 0 fully saturated rings. The fourth-order valence-electron chi connectivity index (χ4n) is 2.20. The van der Waals surface area contributed by atoms with Crippen molar-refractivity contribution >= 4 is 11.6 Å². The van der Waals surface area contributed by atoms with Gasteiger partial charge in [0.2, 0.25) is 5.91 Å². The van der Waals surface area contributed by atoms with Crippen molar-refractivity contribution in [3.63, 3.8) is 0 Å². The predicted octanol–water partition coefficient (Wildman–Crippen LogP) is 4.30. The fourth-order valence-corrected chi connectivity index (χ4v) is 2.20. The van der Waals surface area contributed by atoms with Crippen molar-refractivity contribution in [1.29, 1.82) is 0 Å². The van der Waals surface area contributed by atoms with Crippen LogP contribution in [0.5, 0.6) is 0 Å². The summed E-state index contributed by atoms with van der Waals surface area (Å²) in [6.45, 7) is 2.12. The Kier molecular flexibility index (Phi) is 5.79. The first kappa shape index (κ1) is 18.9. The van der Waals surface area contributed by atoms with Gasteiger partial charge in [-0.2, -0.15) is 13.2 Å². The maximum absolute atomic E-state index is 12.9. The molecule has 1 atom stereocenters. The third kappa shape index (κ3) is 5.29. The summed E-state index contributed by atoms with van der Waals surface area (Å²) in [6.07, 6.45) is -4.41. The maximum Gasteiger partial charge on any atom is 0.416 e. The van der Waals surface area contributed by atoms with Crippen molar-refractivity contribution in [3.8, 4) is 0 Å². The summed E-state index contributed by atoms with van der Waals surface area (Å²) in [4.78, 5) is 14.0. The zero-order valence-corrected chi connectivity index (χ0v) is 13.8. The minimum Gasteiger partial charge on any atom is -0.325 e. The van der Waals surface area contributed by atoms with Gasteiger partial charge in [-0.3, -0.25) is 9.69 Å². The van der Waals surface area contributed by atoms with E-state index in [4.69, 9.17) is 0 Å². The zero-order valence-electron chi connectivity index (χ0n) is 13.8. The van der Waals surface area contributed by atoms with Crippen LogP contribution in [0.25, 0.3) is 0 Å². The molecular formula is C18H18F4N2O. The second-order valence-corrected chi connectivity index (χ2v) is 5.78. The molecule has 1 N–H and O–H groups in total. The van der Waals surface area contributed by atoms with E-state index in [9.17, 15) is 22.4 Å². The van der Waals surface area contributed by atoms with E-state index in [2.05, 4.69) is 5.32 Å². The van der Waals surface area contributed by atoms with E-state index in [-0.39, 0.29) is 11.7 Å². The molecule has 0 radical (unpaired) electrons. The van der Waals surface area contributed by atoms with Gasteiger partial charge in [0.1, 0.15) is 5.82 Å². The Morgan fingerprint density at radius 2 is 1.64 bits per heavy atom. The minimum atomic E-state index is -4.41. The lowest BCUT2D eigenvalue weighted by Gasteiger charge is -2.24. The third-order valence-electron chi connectivity index (χ3n) is 3.87. The van der Waals surface area contributed by atoms with Crippen LogP contribution in [0.1, 0.15) is 18.1 Å². The second kappa shape index (κ2) is 7.65. The first-order valence-electron chi connectivity index (χ1n) is 7.59. The van der Waals surface area contributed by atoms with Gasteiger partial charge < -0.3 is 5.32 Å². The molecule has 0 saturated heterocycles. The molecule has 0 heterocycles. The number of hydrogen-bond donors (Lipinski definition) is 1. The Labute approximate surface area is 143 Å². The van der Waals surface area contributed by atoms with Gasteiger partial charge in [-0.25, -0.2) is 4.39 Å². The van der Waals surface area contributed by atoms with Crippen LogP contribution < -0.4 is 5.32 Å². The Bertz CT molecular complexity index is 711. The average molecular weight is 354 g/mol. The highest BCUT2D eigenvalue weighted by atomic mass is 19.4. The van der Waals surface area contributed by atoms with E-state index in [0.29, 0.717) is 12.2 Å². The first-order valence-corrected chi connectivity index (χ1v) is 7.59. The van der Waals surface area contributed by atoms with Gasteiger partial charge in [-0.05, 0) is 55.9 Å². The number of nitrogens with one attached hydrogen (secondary N) is 1. The highest BCUT2D eigenvalue weighted by Crippen LogP contribution is 2.29. The third-order valence-corrected chi connectivity index (χ3v) is 3.87. The van der Waals surface area contributed by atoms with Crippen LogP contribution in [-0.4, -0.2) is 23.9 Å². The highest BCUT2D eigenvalue weighted by Gasteiger charge is 2.30. The van der Waals surface area contributed by atoms with Crippen LogP contribution in [0.3, 0.4) is 0 Å². The number of hydrogen-bond acceptors (Lipinski definition) is 2. The molecule has 7 heteroatoms. The summed E-state index contributed by atoms with van der Waals surface area (Å²) >= 11 is 0. The van der Waals surface area contributed by atoms with Crippen molar-refractivity contribution in [2.75, 3.05) is 12.4 Å². The van der Waals surface area contributed by atoms with Gasteiger partial charge >= 0.3 is 6.18 Å². The van der Waals surface area contributed by atoms with E-state index in [1.54, 1.807) is 31.0 Å². The molecule has 0 aliphatic carbocycles. The number of alkyl halides is 3. The molecular weight excluding hydrogens is 336 g/mol. The van der Waals surface area contributed by atoms with E-state index < -0.39 is 17.8 Å². The largest absolute Gasteiger partial charge is 0.416 e. The number of amides is 1. The van der Waals surface area contributed by atoms with E-state index >= 15 is 0 Å². The number of nitrogens with zero attached hydrogens (tertiary/aromatic N) is 1. The van der Waals surface area contributed by atoms with Gasteiger partial charge in [0.25, 0.3) is 0 Å². The smallest absolute Gasteiger partial charge is 0.325 e. The summed E-state index contributed by atoms with van der Waals surface area (Å²) in [5, 5.41) is 2.59. The molecule has 0 spiro atoms. The molecule has 1 unspecified atom stereocenters. The molecule has 134 valence electrons. The molecule has 2 aromatic carbocycles. The molecule has 0 aliphatic rings. The van der Waals surface area contributed by atoms with Crippen LogP contribution >= 0.6 is 0 Å². The molecule has 1 amide bonds.